The first-order valence-electron chi connectivity index (χ1n) is 9.72. The molecule has 1 atom stereocenters. The lowest BCUT2D eigenvalue weighted by Gasteiger charge is -2.33. The molecule has 140 valence electrons. The molecule has 0 amide bonds. The Kier molecular flexibility index (Phi) is 4.54. The van der Waals surface area contributed by atoms with Gasteiger partial charge in [-0.05, 0) is 62.0 Å². The molecular formula is C22H26N4O. The van der Waals surface area contributed by atoms with Crippen LogP contribution < -0.4 is 0 Å². The molecular weight excluding hydrogens is 336 g/mol. The Balaban J connectivity index is 1.55. The Morgan fingerprint density at radius 3 is 2.78 bits per heavy atom. The van der Waals surface area contributed by atoms with Crippen molar-refractivity contribution < 1.29 is 4.79 Å². The first-order chi connectivity index (χ1) is 13.0. The van der Waals surface area contributed by atoms with E-state index >= 15 is 0 Å². The fourth-order valence-electron chi connectivity index (χ4n) is 4.15. The van der Waals surface area contributed by atoms with E-state index in [0.29, 0.717) is 12.2 Å². The molecule has 2 aliphatic rings. The smallest absolute Gasteiger partial charge is 0.145 e. The summed E-state index contributed by atoms with van der Waals surface area (Å²) in [4.78, 5) is 22.1. The van der Waals surface area contributed by atoms with Crippen LogP contribution in [-0.2, 0) is 17.8 Å². The summed E-state index contributed by atoms with van der Waals surface area (Å²) < 4.78 is 1.91. The molecule has 2 aromatic heterocycles. The maximum atomic E-state index is 13.2. The minimum absolute atomic E-state index is 0.291. The van der Waals surface area contributed by atoms with Crippen LogP contribution >= 0.6 is 0 Å². The van der Waals surface area contributed by atoms with Crippen molar-refractivity contribution in [3.8, 4) is 0 Å². The van der Waals surface area contributed by atoms with Gasteiger partial charge >= 0.3 is 0 Å². The van der Waals surface area contributed by atoms with Crippen molar-refractivity contribution in [2.75, 3.05) is 6.54 Å². The Bertz CT molecular complexity index is 938. The fourth-order valence-corrected chi connectivity index (χ4v) is 4.15. The fraction of sp³-hybridized carbons (Fsp3) is 0.455. The van der Waals surface area contributed by atoms with Crippen molar-refractivity contribution in [2.45, 2.75) is 53.0 Å². The van der Waals surface area contributed by atoms with Crippen LogP contribution in [0.2, 0.25) is 0 Å². The highest BCUT2D eigenvalue weighted by atomic mass is 16.1. The Morgan fingerprint density at radius 1 is 1.30 bits per heavy atom. The van der Waals surface area contributed by atoms with Crippen LogP contribution in [0.15, 0.2) is 46.9 Å². The minimum Gasteiger partial charge on any atom is -0.299 e. The van der Waals surface area contributed by atoms with E-state index in [-0.39, 0.29) is 5.41 Å². The topological polar surface area (TPSA) is 60.1 Å². The van der Waals surface area contributed by atoms with Gasteiger partial charge < -0.3 is 0 Å². The number of carbonyl (C=O) groups excluding carboxylic acids is 1. The number of carbonyl (C=O) groups is 1. The lowest BCUT2D eigenvalue weighted by molar-refractivity contribution is -0.127. The number of Topliss-reactive ketones (excluding diaryl/α,β-unsaturated/α-hetero) is 1. The highest BCUT2D eigenvalue weighted by molar-refractivity contribution is 6.15. The van der Waals surface area contributed by atoms with Crippen LogP contribution in [0.25, 0.3) is 0 Å². The first kappa shape index (κ1) is 17.8. The van der Waals surface area contributed by atoms with Crippen LogP contribution in [0, 0.1) is 12.3 Å². The zero-order valence-electron chi connectivity index (χ0n) is 16.3. The predicted molar refractivity (Wildman–Crippen MR) is 106 cm³/mol. The van der Waals surface area contributed by atoms with E-state index in [4.69, 9.17) is 4.99 Å². The number of allylic oxidation sites excluding steroid dienone is 1. The summed E-state index contributed by atoms with van der Waals surface area (Å²) in [6.45, 7) is 7.82. The Labute approximate surface area is 160 Å². The van der Waals surface area contributed by atoms with E-state index in [9.17, 15) is 4.79 Å². The van der Waals surface area contributed by atoms with Gasteiger partial charge in [0.25, 0.3) is 0 Å². The summed E-state index contributed by atoms with van der Waals surface area (Å²) in [6, 6.07) is 4.01. The number of pyridine rings is 1. The van der Waals surface area contributed by atoms with Gasteiger partial charge in [0.15, 0.2) is 0 Å². The zero-order valence-corrected chi connectivity index (χ0v) is 16.3. The largest absolute Gasteiger partial charge is 0.299 e. The molecule has 0 saturated heterocycles. The molecule has 0 N–H and O–H groups in total. The molecule has 4 rings (SSSR count). The summed E-state index contributed by atoms with van der Waals surface area (Å²) in [7, 11) is 0. The molecule has 0 saturated carbocycles. The molecule has 1 unspecified atom stereocenters. The molecule has 1 aliphatic carbocycles. The van der Waals surface area contributed by atoms with E-state index in [1.165, 1.54) is 11.1 Å². The van der Waals surface area contributed by atoms with Crippen molar-refractivity contribution in [2.24, 2.45) is 10.4 Å². The molecule has 0 bridgehead atoms. The van der Waals surface area contributed by atoms with Crippen molar-refractivity contribution >= 4 is 11.5 Å². The standard InChI is InChI=1S/C22H26N4O/c1-4-26-14-15(2)19(25-26)11-20(27)22(3)8-5-17-13-24-21(18(17)12-22)16-6-9-23-10-7-16/h6-7,9-10,14H,4-5,8,11-13H2,1-3H3. The third-order valence-corrected chi connectivity index (χ3v) is 6.01. The monoisotopic (exact) mass is 362 g/mol. The highest BCUT2D eigenvalue weighted by Crippen LogP contribution is 2.43. The number of aliphatic imine (C=N–C) groups is 1. The van der Waals surface area contributed by atoms with E-state index in [1.54, 1.807) is 12.4 Å². The summed E-state index contributed by atoms with van der Waals surface area (Å²) in [5.41, 5.74) is 6.50. The van der Waals surface area contributed by atoms with E-state index in [1.807, 2.05) is 29.9 Å². The third kappa shape index (κ3) is 3.27. The van der Waals surface area contributed by atoms with Gasteiger partial charge in [0.1, 0.15) is 5.78 Å². The van der Waals surface area contributed by atoms with Crippen molar-refractivity contribution in [1.29, 1.82) is 0 Å². The molecule has 27 heavy (non-hydrogen) atoms. The van der Waals surface area contributed by atoms with E-state index < -0.39 is 0 Å². The van der Waals surface area contributed by atoms with Crippen LogP contribution in [0.3, 0.4) is 0 Å². The second-order valence-electron chi connectivity index (χ2n) is 7.93. The Morgan fingerprint density at radius 2 is 2.07 bits per heavy atom. The molecule has 0 fully saturated rings. The molecule has 0 radical (unpaired) electrons. The first-order valence-corrected chi connectivity index (χ1v) is 9.72. The SMILES string of the molecule is CCn1cc(C)c(CC(=O)C2(C)CCC3=C(C2)C(c2ccncc2)=NC3)n1. The maximum absolute atomic E-state index is 13.2. The lowest BCUT2D eigenvalue weighted by atomic mass is 9.68. The number of aromatic nitrogens is 3. The van der Waals surface area contributed by atoms with Gasteiger partial charge in [0, 0.05) is 36.1 Å². The third-order valence-electron chi connectivity index (χ3n) is 6.01. The van der Waals surface area contributed by atoms with E-state index in [0.717, 1.165) is 54.9 Å². The molecule has 0 spiro atoms. The zero-order chi connectivity index (χ0) is 19.0. The Hall–Kier alpha value is -2.56. The van der Waals surface area contributed by atoms with Gasteiger partial charge in [0.2, 0.25) is 0 Å². The van der Waals surface area contributed by atoms with Crippen LogP contribution in [0.4, 0.5) is 0 Å². The van der Waals surface area contributed by atoms with Gasteiger partial charge in [-0.15, -0.1) is 0 Å². The number of nitrogens with zero attached hydrogens (tertiary/aromatic N) is 4. The lowest BCUT2D eigenvalue weighted by Crippen LogP contribution is -2.34. The molecule has 3 heterocycles. The minimum atomic E-state index is -0.348. The molecule has 1 aliphatic heterocycles. The van der Waals surface area contributed by atoms with Crippen molar-refractivity contribution in [3.05, 3.63) is 58.7 Å². The normalized spacial score (nSPS) is 22.0. The average Bonchev–Trinajstić information content (AvgIpc) is 3.25. The second-order valence-corrected chi connectivity index (χ2v) is 7.93. The summed E-state index contributed by atoms with van der Waals surface area (Å²) >= 11 is 0. The van der Waals surface area contributed by atoms with Crippen LogP contribution in [0.1, 0.15) is 49.9 Å². The molecule has 5 nitrogen and oxygen atoms in total. The van der Waals surface area contributed by atoms with Gasteiger partial charge in [-0.1, -0.05) is 6.92 Å². The maximum Gasteiger partial charge on any atom is 0.145 e. The summed E-state index contributed by atoms with van der Waals surface area (Å²) in [5.74, 6) is 0.291. The van der Waals surface area contributed by atoms with Crippen LogP contribution in [0.5, 0.6) is 0 Å². The molecule has 5 heteroatoms. The van der Waals surface area contributed by atoms with Crippen molar-refractivity contribution in [3.63, 3.8) is 0 Å². The van der Waals surface area contributed by atoms with Gasteiger partial charge in [-0.2, -0.15) is 5.10 Å². The molecule has 0 aromatic carbocycles. The van der Waals surface area contributed by atoms with E-state index in [2.05, 4.69) is 23.9 Å². The van der Waals surface area contributed by atoms with Gasteiger partial charge in [-0.25, -0.2) is 0 Å². The number of hydrogen-bond acceptors (Lipinski definition) is 4. The summed E-state index contributed by atoms with van der Waals surface area (Å²) in [5, 5.41) is 4.58. The molecule has 2 aromatic rings. The summed E-state index contributed by atoms with van der Waals surface area (Å²) in [6.07, 6.45) is 8.68. The van der Waals surface area contributed by atoms with Gasteiger partial charge in [0.05, 0.1) is 24.4 Å². The highest BCUT2D eigenvalue weighted by Gasteiger charge is 2.40. The van der Waals surface area contributed by atoms with Gasteiger partial charge in [-0.3, -0.25) is 19.5 Å². The number of ketones is 1. The number of aryl methyl sites for hydroxylation is 2. The predicted octanol–water partition coefficient (Wildman–Crippen LogP) is 3.71. The van der Waals surface area contributed by atoms with Crippen molar-refractivity contribution in [1.82, 2.24) is 14.8 Å². The quantitative estimate of drug-likeness (QED) is 0.815. The number of rotatable bonds is 5. The number of hydrogen-bond donors (Lipinski definition) is 0. The second kappa shape index (κ2) is 6.87. The average molecular weight is 362 g/mol. The van der Waals surface area contributed by atoms with Crippen LogP contribution in [-0.4, -0.2) is 32.8 Å².